The highest BCUT2D eigenvalue weighted by molar-refractivity contribution is 5.94. The number of benzene rings is 1. The van der Waals surface area contributed by atoms with Gasteiger partial charge >= 0.3 is 0 Å². The van der Waals surface area contributed by atoms with Crippen molar-refractivity contribution in [2.75, 3.05) is 44.8 Å². The molecule has 1 amide bonds. The van der Waals surface area contributed by atoms with E-state index in [-0.39, 0.29) is 18.3 Å². The summed E-state index contributed by atoms with van der Waals surface area (Å²) in [5.74, 6) is 3.01. The number of hydrogen-bond acceptors (Lipinski definition) is 8. The number of methoxy groups -OCH3 is 1. The summed E-state index contributed by atoms with van der Waals surface area (Å²) in [5, 5.41) is 8.65. The second-order valence-electron chi connectivity index (χ2n) is 7.67. The molecule has 3 aromatic rings. The molecule has 1 saturated heterocycles. The molecule has 1 aliphatic heterocycles. The van der Waals surface area contributed by atoms with Gasteiger partial charge in [0, 0.05) is 44.1 Å². The number of nitrogens with zero attached hydrogens (tertiary/aromatic N) is 6. The number of hydrogen-bond donors (Lipinski definition) is 0. The van der Waals surface area contributed by atoms with Gasteiger partial charge in [0.2, 0.25) is 0 Å². The highest BCUT2D eigenvalue weighted by Crippen LogP contribution is 2.28. The van der Waals surface area contributed by atoms with Gasteiger partial charge in [-0.1, -0.05) is 0 Å². The molecule has 0 aliphatic carbocycles. The Kier molecular flexibility index (Phi) is 6.53. The van der Waals surface area contributed by atoms with E-state index < -0.39 is 0 Å². The molecular formula is C23H26N6O4. The third kappa shape index (κ3) is 4.94. The van der Waals surface area contributed by atoms with E-state index in [4.69, 9.17) is 9.47 Å². The minimum atomic E-state index is -0.107. The first-order chi connectivity index (χ1) is 16.0. The number of anilines is 1. The van der Waals surface area contributed by atoms with E-state index in [0.717, 1.165) is 11.6 Å². The zero-order chi connectivity index (χ0) is 23.4. The van der Waals surface area contributed by atoms with E-state index in [1.54, 1.807) is 29.3 Å². The van der Waals surface area contributed by atoms with Crippen molar-refractivity contribution in [3.8, 4) is 17.3 Å². The summed E-state index contributed by atoms with van der Waals surface area (Å²) in [6.07, 6.45) is 3.57. The van der Waals surface area contributed by atoms with Gasteiger partial charge in [-0.05, 0) is 44.2 Å². The van der Waals surface area contributed by atoms with E-state index in [1.807, 2.05) is 29.8 Å². The van der Waals surface area contributed by atoms with Crippen molar-refractivity contribution in [1.29, 1.82) is 0 Å². The molecule has 0 bridgehead atoms. The van der Waals surface area contributed by atoms with Crippen LogP contribution >= 0.6 is 0 Å². The standard InChI is InChI=1S/C23H26N6O4/c1-16(30)18-4-5-19(20(14-18)32-3)33-15-23(31)28-12-10-27(11-13-28)21-6-7-22(26-25-21)29-9-8-24-17(29)2/h4-9,14H,10-13,15H2,1-3H3. The predicted molar refractivity (Wildman–Crippen MR) is 121 cm³/mol. The zero-order valence-corrected chi connectivity index (χ0v) is 18.9. The minimum Gasteiger partial charge on any atom is -0.493 e. The monoisotopic (exact) mass is 450 g/mol. The van der Waals surface area contributed by atoms with Crippen molar-refractivity contribution in [1.82, 2.24) is 24.6 Å². The lowest BCUT2D eigenvalue weighted by Gasteiger charge is -2.35. The Bertz CT molecular complexity index is 1140. The van der Waals surface area contributed by atoms with Crippen LogP contribution in [-0.2, 0) is 4.79 Å². The van der Waals surface area contributed by atoms with Crippen molar-refractivity contribution >= 4 is 17.5 Å². The second-order valence-corrected chi connectivity index (χ2v) is 7.67. The van der Waals surface area contributed by atoms with E-state index in [2.05, 4.69) is 20.1 Å². The Morgan fingerprint density at radius 3 is 2.33 bits per heavy atom. The molecule has 0 spiro atoms. The summed E-state index contributed by atoms with van der Waals surface area (Å²) in [4.78, 5) is 32.3. The number of carbonyl (C=O) groups is 2. The molecule has 0 unspecified atom stereocenters. The smallest absolute Gasteiger partial charge is 0.260 e. The van der Waals surface area contributed by atoms with Crippen LogP contribution in [0.2, 0.25) is 0 Å². The first-order valence-corrected chi connectivity index (χ1v) is 10.6. The molecule has 10 nitrogen and oxygen atoms in total. The van der Waals surface area contributed by atoms with Crippen LogP contribution in [0, 0.1) is 6.92 Å². The summed E-state index contributed by atoms with van der Waals surface area (Å²) in [7, 11) is 1.50. The maximum Gasteiger partial charge on any atom is 0.260 e. The molecule has 1 aliphatic rings. The zero-order valence-electron chi connectivity index (χ0n) is 18.9. The molecular weight excluding hydrogens is 424 g/mol. The van der Waals surface area contributed by atoms with Crippen LogP contribution in [-0.4, -0.2) is 76.2 Å². The van der Waals surface area contributed by atoms with Gasteiger partial charge in [-0.25, -0.2) is 4.98 Å². The number of carbonyl (C=O) groups excluding carboxylic acids is 2. The summed E-state index contributed by atoms with van der Waals surface area (Å²) in [5.41, 5.74) is 0.526. The van der Waals surface area contributed by atoms with Crippen LogP contribution < -0.4 is 14.4 Å². The number of rotatable bonds is 7. The van der Waals surface area contributed by atoms with E-state index in [1.165, 1.54) is 14.0 Å². The highest BCUT2D eigenvalue weighted by Gasteiger charge is 2.23. The first-order valence-electron chi connectivity index (χ1n) is 10.6. The van der Waals surface area contributed by atoms with Gasteiger partial charge in [-0.15, -0.1) is 10.2 Å². The van der Waals surface area contributed by atoms with Crippen molar-refractivity contribution in [2.24, 2.45) is 0 Å². The van der Waals surface area contributed by atoms with Gasteiger partial charge < -0.3 is 19.3 Å². The second kappa shape index (κ2) is 9.68. The Balaban J connectivity index is 1.30. The average Bonchev–Trinajstić information content (AvgIpc) is 3.28. The number of imidazole rings is 1. The maximum atomic E-state index is 12.6. The van der Waals surface area contributed by atoms with Gasteiger partial charge in [0.15, 0.2) is 35.5 Å². The predicted octanol–water partition coefficient (Wildman–Crippen LogP) is 1.91. The topological polar surface area (TPSA) is 103 Å². The lowest BCUT2D eigenvalue weighted by Crippen LogP contribution is -2.50. The van der Waals surface area contributed by atoms with Crippen molar-refractivity contribution < 1.29 is 19.1 Å². The Morgan fingerprint density at radius 1 is 1.00 bits per heavy atom. The Morgan fingerprint density at radius 2 is 1.73 bits per heavy atom. The number of ketones is 1. The van der Waals surface area contributed by atoms with Crippen LogP contribution in [0.4, 0.5) is 5.82 Å². The van der Waals surface area contributed by atoms with Gasteiger partial charge in [0.1, 0.15) is 5.82 Å². The fourth-order valence-corrected chi connectivity index (χ4v) is 3.66. The molecule has 3 heterocycles. The van der Waals surface area contributed by atoms with Crippen LogP contribution in [0.1, 0.15) is 23.1 Å². The van der Waals surface area contributed by atoms with Crippen molar-refractivity contribution in [2.45, 2.75) is 13.8 Å². The lowest BCUT2D eigenvalue weighted by molar-refractivity contribution is -0.133. The molecule has 0 radical (unpaired) electrons. The summed E-state index contributed by atoms with van der Waals surface area (Å²) >= 11 is 0. The van der Waals surface area contributed by atoms with Crippen LogP contribution in [0.15, 0.2) is 42.7 Å². The molecule has 1 aromatic carbocycles. The molecule has 0 saturated carbocycles. The highest BCUT2D eigenvalue weighted by atomic mass is 16.5. The number of Topliss-reactive ketones (excluding diaryl/α,β-unsaturated/α-hetero) is 1. The van der Waals surface area contributed by atoms with Crippen molar-refractivity contribution in [3.63, 3.8) is 0 Å². The molecule has 0 atom stereocenters. The fourth-order valence-electron chi connectivity index (χ4n) is 3.66. The number of aromatic nitrogens is 4. The molecule has 4 rings (SSSR count). The molecule has 33 heavy (non-hydrogen) atoms. The summed E-state index contributed by atoms with van der Waals surface area (Å²) in [6, 6.07) is 8.76. The van der Waals surface area contributed by atoms with Gasteiger partial charge in [-0.3, -0.25) is 14.2 Å². The fraction of sp³-hybridized carbons (Fsp3) is 0.348. The third-order valence-electron chi connectivity index (χ3n) is 5.59. The van der Waals surface area contributed by atoms with Crippen LogP contribution in [0.25, 0.3) is 5.82 Å². The summed E-state index contributed by atoms with van der Waals surface area (Å²) in [6.45, 7) is 5.72. The summed E-state index contributed by atoms with van der Waals surface area (Å²) < 4.78 is 12.8. The number of ether oxygens (including phenoxy) is 2. The van der Waals surface area contributed by atoms with Gasteiger partial charge in [-0.2, -0.15) is 0 Å². The normalized spacial score (nSPS) is 13.7. The van der Waals surface area contributed by atoms with Crippen LogP contribution in [0.5, 0.6) is 11.5 Å². The van der Waals surface area contributed by atoms with Gasteiger partial charge in [0.05, 0.1) is 7.11 Å². The number of amides is 1. The Hall–Kier alpha value is -3.95. The quantitative estimate of drug-likeness (QED) is 0.503. The lowest BCUT2D eigenvalue weighted by atomic mass is 10.1. The molecule has 10 heteroatoms. The van der Waals surface area contributed by atoms with E-state index in [0.29, 0.717) is 49.1 Å². The molecule has 1 fully saturated rings. The number of aryl methyl sites for hydroxylation is 1. The SMILES string of the molecule is COc1cc(C(C)=O)ccc1OCC(=O)N1CCN(c2ccc(-n3ccnc3C)nn2)CC1. The van der Waals surface area contributed by atoms with E-state index >= 15 is 0 Å². The van der Waals surface area contributed by atoms with Gasteiger partial charge in [0.25, 0.3) is 5.91 Å². The number of piperazine rings is 1. The van der Waals surface area contributed by atoms with E-state index in [9.17, 15) is 9.59 Å². The molecule has 2 aromatic heterocycles. The van der Waals surface area contributed by atoms with Crippen molar-refractivity contribution in [3.05, 3.63) is 54.1 Å². The van der Waals surface area contributed by atoms with Crippen LogP contribution in [0.3, 0.4) is 0 Å². The third-order valence-corrected chi connectivity index (χ3v) is 5.59. The molecule has 172 valence electrons. The molecule has 0 N–H and O–H groups in total. The largest absolute Gasteiger partial charge is 0.493 e. The maximum absolute atomic E-state index is 12.6. The Labute approximate surface area is 191 Å². The first kappa shape index (κ1) is 22.3. The average molecular weight is 450 g/mol. The minimum absolute atomic E-state index is 0.0648.